The van der Waals surface area contributed by atoms with Gasteiger partial charge in [-0.1, -0.05) is 12.8 Å². The maximum Gasteiger partial charge on any atom is 0.0701 e. The molecular weight excluding hydrogens is 246 g/mol. The summed E-state index contributed by atoms with van der Waals surface area (Å²) in [5.41, 5.74) is 6.07. The predicted octanol–water partition coefficient (Wildman–Crippen LogP) is 3.70. The van der Waals surface area contributed by atoms with Crippen LogP contribution in [-0.2, 0) is 0 Å². The Morgan fingerprint density at radius 2 is 2.31 bits per heavy atom. The first kappa shape index (κ1) is 9.69. The fraction of sp³-hybridized carbons (Fsp3) is 0.600. The first-order valence-corrected chi connectivity index (χ1v) is 6.37. The van der Waals surface area contributed by atoms with Crippen molar-refractivity contribution in [1.82, 2.24) is 0 Å². The minimum absolute atomic E-state index is 0.261. The molecular formula is C10H14BrNS. The van der Waals surface area contributed by atoms with Crippen LogP contribution in [0.25, 0.3) is 0 Å². The Bertz CT molecular complexity index is 280. The van der Waals surface area contributed by atoms with Crippen molar-refractivity contribution in [2.75, 3.05) is 0 Å². The van der Waals surface area contributed by atoms with Gasteiger partial charge in [-0.05, 0) is 46.8 Å². The van der Waals surface area contributed by atoms with Gasteiger partial charge in [-0.2, -0.15) is 0 Å². The Hall–Kier alpha value is 0.140. The van der Waals surface area contributed by atoms with Crippen LogP contribution < -0.4 is 5.73 Å². The summed E-state index contributed by atoms with van der Waals surface area (Å²) >= 11 is 5.22. The van der Waals surface area contributed by atoms with Crippen molar-refractivity contribution < 1.29 is 0 Å². The Balaban J connectivity index is 1.84. The van der Waals surface area contributed by atoms with Crippen LogP contribution in [0.1, 0.15) is 36.6 Å². The van der Waals surface area contributed by atoms with Gasteiger partial charge in [-0.25, -0.2) is 0 Å². The van der Waals surface area contributed by atoms with Gasteiger partial charge >= 0.3 is 0 Å². The summed E-state index contributed by atoms with van der Waals surface area (Å²) < 4.78 is 1.18. The van der Waals surface area contributed by atoms with E-state index in [-0.39, 0.29) is 6.04 Å². The van der Waals surface area contributed by atoms with Crippen molar-refractivity contribution in [2.24, 2.45) is 11.7 Å². The molecule has 2 N–H and O–H groups in total. The van der Waals surface area contributed by atoms with E-state index in [1.807, 2.05) is 0 Å². The van der Waals surface area contributed by atoms with Crippen molar-refractivity contribution in [2.45, 2.75) is 31.7 Å². The van der Waals surface area contributed by atoms with Crippen molar-refractivity contribution in [3.63, 3.8) is 0 Å². The second-order valence-electron chi connectivity index (χ2n) is 3.77. The molecule has 1 unspecified atom stereocenters. The maximum absolute atomic E-state index is 6.07. The Morgan fingerprint density at radius 3 is 2.85 bits per heavy atom. The first-order chi connectivity index (χ1) is 6.25. The number of nitrogens with two attached hydrogens (primary N) is 1. The van der Waals surface area contributed by atoms with Crippen molar-refractivity contribution in [1.29, 1.82) is 0 Å². The van der Waals surface area contributed by atoms with Gasteiger partial charge < -0.3 is 5.73 Å². The molecule has 3 heteroatoms. The van der Waals surface area contributed by atoms with Crippen LogP contribution in [-0.4, -0.2) is 0 Å². The SMILES string of the molecule is NC(CCC1CC1)c1ccc(Br)s1. The van der Waals surface area contributed by atoms with E-state index in [0.717, 1.165) is 12.3 Å². The standard InChI is InChI=1S/C10H14BrNS/c11-10-6-5-9(13-10)8(12)4-3-7-1-2-7/h5-8H,1-4,12H2. The van der Waals surface area contributed by atoms with Crippen molar-refractivity contribution in [3.05, 3.63) is 20.8 Å². The highest BCUT2D eigenvalue weighted by molar-refractivity contribution is 9.11. The molecule has 72 valence electrons. The third kappa shape index (κ3) is 2.79. The van der Waals surface area contributed by atoms with Gasteiger partial charge in [-0.3, -0.25) is 0 Å². The quantitative estimate of drug-likeness (QED) is 0.877. The molecule has 0 saturated heterocycles. The summed E-state index contributed by atoms with van der Waals surface area (Å²) in [5.74, 6) is 0.995. The average molecular weight is 260 g/mol. The molecule has 1 aromatic heterocycles. The van der Waals surface area contributed by atoms with Crippen molar-refractivity contribution in [3.8, 4) is 0 Å². The molecule has 0 bridgehead atoms. The largest absolute Gasteiger partial charge is 0.323 e. The lowest BCUT2D eigenvalue weighted by molar-refractivity contribution is 0.581. The van der Waals surface area contributed by atoms with Crippen LogP contribution in [0, 0.1) is 5.92 Å². The molecule has 13 heavy (non-hydrogen) atoms. The lowest BCUT2D eigenvalue weighted by Crippen LogP contribution is -2.08. The summed E-state index contributed by atoms with van der Waals surface area (Å²) in [6, 6.07) is 4.47. The van der Waals surface area contributed by atoms with Crippen LogP contribution >= 0.6 is 27.3 Å². The fourth-order valence-electron chi connectivity index (χ4n) is 1.49. The monoisotopic (exact) mass is 259 g/mol. The summed E-state index contributed by atoms with van der Waals surface area (Å²) in [6.45, 7) is 0. The average Bonchev–Trinajstić information content (AvgIpc) is 2.84. The summed E-state index contributed by atoms with van der Waals surface area (Å²) in [4.78, 5) is 1.31. The molecule has 0 spiro atoms. The van der Waals surface area contributed by atoms with Crippen LogP contribution in [0.4, 0.5) is 0 Å². The van der Waals surface area contributed by atoms with Gasteiger partial charge in [0, 0.05) is 10.9 Å². The van der Waals surface area contributed by atoms with Crippen LogP contribution in [0.5, 0.6) is 0 Å². The maximum atomic E-state index is 6.07. The number of thiophene rings is 1. The molecule has 1 aliphatic rings. The fourth-order valence-corrected chi connectivity index (χ4v) is 2.95. The lowest BCUT2D eigenvalue weighted by atomic mass is 10.1. The van der Waals surface area contributed by atoms with E-state index in [1.54, 1.807) is 11.3 Å². The molecule has 1 fully saturated rings. The van der Waals surface area contributed by atoms with Gasteiger partial charge in [0.2, 0.25) is 0 Å². The van der Waals surface area contributed by atoms with E-state index in [4.69, 9.17) is 5.73 Å². The predicted molar refractivity (Wildman–Crippen MR) is 60.9 cm³/mol. The Morgan fingerprint density at radius 1 is 1.54 bits per heavy atom. The Labute approximate surface area is 91.5 Å². The van der Waals surface area contributed by atoms with E-state index >= 15 is 0 Å². The highest BCUT2D eigenvalue weighted by Crippen LogP contribution is 2.36. The summed E-state index contributed by atoms with van der Waals surface area (Å²) in [5, 5.41) is 0. The van der Waals surface area contributed by atoms with E-state index in [1.165, 1.54) is 27.9 Å². The van der Waals surface area contributed by atoms with Gasteiger partial charge in [0.05, 0.1) is 3.79 Å². The van der Waals surface area contributed by atoms with E-state index in [0.29, 0.717) is 0 Å². The highest BCUT2D eigenvalue weighted by Gasteiger charge is 2.22. The topological polar surface area (TPSA) is 26.0 Å². The molecule has 0 radical (unpaired) electrons. The van der Waals surface area contributed by atoms with Crippen LogP contribution in [0.3, 0.4) is 0 Å². The molecule has 1 aromatic rings. The van der Waals surface area contributed by atoms with Gasteiger partial charge in [-0.15, -0.1) is 11.3 Å². The molecule has 1 aliphatic carbocycles. The number of halogens is 1. The third-order valence-corrected chi connectivity index (χ3v) is 4.30. The second kappa shape index (κ2) is 4.11. The molecule has 1 atom stereocenters. The van der Waals surface area contributed by atoms with Crippen LogP contribution in [0.2, 0.25) is 0 Å². The van der Waals surface area contributed by atoms with E-state index in [2.05, 4.69) is 28.1 Å². The van der Waals surface area contributed by atoms with Crippen molar-refractivity contribution >= 4 is 27.3 Å². The van der Waals surface area contributed by atoms with E-state index < -0.39 is 0 Å². The lowest BCUT2D eigenvalue weighted by Gasteiger charge is -2.07. The first-order valence-electron chi connectivity index (χ1n) is 4.76. The molecule has 2 rings (SSSR count). The highest BCUT2D eigenvalue weighted by atomic mass is 79.9. The minimum atomic E-state index is 0.261. The zero-order valence-electron chi connectivity index (χ0n) is 7.50. The number of hydrogen-bond acceptors (Lipinski definition) is 2. The van der Waals surface area contributed by atoms with E-state index in [9.17, 15) is 0 Å². The smallest absolute Gasteiger partial charge is 0.0701 e. The molecule has 0 amide bonds. The van der Waals surface area contributed by atoms with Gasteiger partial charge in [0.15, 0.2) is 0 Å². The molecule has 0 aliphatic heterocycles. The van der Waals surface area contributed by atoms with Gasteiger partial charge in [0.1, 0.15) is 0 Å². The molecule has 1 heterocycles. The zero-order valence-corrected chi connectivity index (χ0v) is 9.90. The number of hydrogen-bond donors (Lipinski definition) is 1. The summed E-state index contributed by atoms with van der Waals surface area (Å²) in [7, 11) is 0. The molecule has 1 nitrogen and oxygen atoms in total. The van der Waals surface area contributed by atoms with Gasteiger partial charge in [0.25, 0.3) is 0 Å². The summed E-state index contributed by atoms with van der Waals surface area (Å²) in [6.07, 6.45) is 5.33. The molecule has 1 saturated carbocycles. The van der Waals surface area contributed by atoms with Crippen LogP contribution in [0.15, 0.2) is 15.9 Å². The second-order valence-corrected chi connectivity index (χ2v) is 6.26. The normalized spacial score (nSPS) is 18.9. The zero-order chi connectivity index (χ0) is 9.26. The Kier molecular flexibility index (Phi) is 3.06. The number of rotatable bonds is 4. The molecule has 0 aromatic carbocycles. The third-order valence-electron chi connectivity index (χ3n) is 2.54. The minimum Gasteiger partial charge on any atom is -0.323 e.